The molecule has 4 atom stereocenters. The van der Waals surface area contributed by atoms with E-state index in [-0.39, 0.29) is 0 Å². The van der Waals surface area contributed by atoms with Crippen molar-refractivity contribution in [3.05, 3.63) is 35.4 Å². The van der Waals surface area contributed by atoms with Gasteiger partial charge in [0, 0.05) is 12.6 Å². The van der Waals surface area contributed by atoms with Crippen molar-refractivity contribution in [1.29, 1.82) is 0 Å². The van der Waals surface area contributed by atoms with Gasteiger partial charge in [0.25, 0.3) is 0 Å². The van der Waals surface area contributed by atoms with Crippen molar-refractivity contribution in [2.75, 3.05) is 26.7 Å². The highest BCUT2D eigenvalue weighted by Crippen LogP contribution is 2.59. The molecule has 0 heterocycles. The van der Waals surface area contributed by atoms with Gasteiger partial charge in [0.05, 0.1) is 0 Å². The fraction of sp³-hybridized carbons (Fsp3) is 0.667. The predicted octanol–water partition coefficient (Wildman–Crippen LogP) is 2.89. The summed E-state index contributed by atoms with van der Waals surface area (Å²) < 4.78 is 0. The summed E-state index contributed by atoms with van der Waals surface area (Å²) >= 11 is 0. The molecule has 0 aromatic heterocycles. The van der Waals surface area contributed by atoms with Gasteiger partial charge in [0.2, 0.25) is 0 Å². The van der Waals surface area contributed by atoms with Crippen LogP contribution in [0.3, 0.4) is 0 Å². The minimum Gasteiger partial charge on any atom is -0.313 e. The third-order valence-corrected chi connectivity index (χ3v) is 5.32. The maximum Gasteiger partial charge on any atom is 0.0166 e. The molecule has 2 heteroatoms. The Kier molecular flexibility index (Phi) is 4.13. The summed E-state index contributed by atoms with van der Waals surface area (Å²) in [5.74, 6) is 2.69. The zero-order chi connectivity index (χ0) is 14.1. The van der Waals surface area contributed by atoms with Crippen LogP contribution in [-0.4, -0.2) is 37.6 Å². The van der Waals surface area contributed by atoms with Crippen LogP contribution in [0.2, 0.25) is 0 Å². The third-order valence-electron chi connectivity index (χ3n) is 5.32. The summed E-state index contributed by atoms with van der Waals surface area (Å²) in [5, 5.41) is 3.76. The van der Waals surface area contributed by atoms with Crippen LogP contribution in [0.15, 0.2) is 24.3 Å². The molecule has 0 bridgehead atoms. The van der Waals surface area contributed by atoms with Crippen LogP contribution >= 0.6 is 0 Å². The average Bonchev–Trinajstić information content (AvgIpc) is 3.19. The summed E-state index contributed by atoms with van der Waals surface area (Å²) in [5.41, 5.74) is 3.25. The fourth-order valence-corrected chi connectivity index (χ4v) is 3.99. The summed E-state index contributed by atoms with van der Waals surface area (Å²) in [6.07, 6.45) is 2.69. The normalized spacial score (nSPS) is 28.9. The van der Waals surface area contributed by atoms with Gasteiger partial charge in [-0.1, -0.05) is 31.2 Å². The molecule has 20 heavy (non-hydrogen) atoms. The van der Waals surface area contributed by atoms with Crippen LogP contribution in [0.4, 0.5) is 0 Å². The van der Waals surface area contributed by atoms with Gasteiger partial charge in [-0.2, -0.15) is 0 Å². The van der Waals surface area contributed by atoms with E-state index in [4.69, 9.17) is 0 Å². The molecule has 0 aliphatic heterocycles. The average molecular weight is 272 g/mol. The molecule has 0 radical (unpaired) electrons. The summed E-state index contributed by atoms with van der Waals surface area (Å²) in [4.78, 5) is 2.38. The molecule has 1 aromatic carbocycles. The van der Waals surface area contributed by atoms with Crippen molar-refractivity contribution in [1.82, 2.24) is 10.2 Å². The fourth-order valence-electron chi connectivity index (χ4n) is 3.99. The predicted molar refractivity (Wildman–Crippen MR) is 85.1 cm³/mol. The van der Waals surface area contributed by atoms with E-state index in [2.05, 4.69) is 55.4 Å². The van der Waals surface area contributed by atoms with Gasteiger partial charge < -0.3 is 10.2 Å². The van der Waals surface area contributed by atoms with Crippen LogP contribution in [0.1, 0.15) is 37.3 Å². The Balaban J connectivity index is 1.52. The number of nitrogens with zero attached hydrogens (tertiary/aromatic N) is 1. The second-order valence-electron chi connectivity index (χ2n) is 6.76. The lowest BCUT2D eigenvalue weighted by Crippen LogP contribution is -2.38. The van der Waals surface area contributed by atoms with Gasteiger partial charge in [0.15, 0.2) is 0 Å². The number of likely N-dealkylation sites (N-methyl/N-ethyl adjacent to an activating group) is 1. The van der Waals surface area contributed by atoms with Crippen LogP contribution in [0, 0.1) is 11.8 Å². The van der Waals surface area contributed by atoms with Crippen molar-refractivity contribution in [2.45, 2.75) is 38.6 Å². The first-order valence-corrected chi connectivity index (χ1v) is 8.20. The molecule has 0 amide bonds. The quantitative estimate of drug-likeness (QED) is 0.856. The minimum atomic E-state index is 0.595. The molecule has 1 saturated carbocycles. The Labute approximate surface area is 123 Å². The second kappa shape index (κ2) is 5.87. The van der Waals surface area contributed by atoms with Crippen LogP contribution in [0.25, 0.3) is 0 Å². The topological polar surface area (TPSA) is 15.3 Å². The first-order valence-electron chi connectivity index (χ1n) is 8.20. The Morgan fingerprint density at radius 3 is 2.95 bits per heavy atom. The molecule has 1 N–H and O–H groups in total. The van der Waals surface area contributed by atoms with Crippen molar-refractivity contribution in [2.24, 2.45) is 11.8 Å². The van der Waals surface area contributed by atoms with Gasteiger partial charge >= 0.3 is 0 Å². The van der Waals surface area contributed by atoms with Crippen LogP contribution in [0.5, 0.6) is 0 Å². The summed E-state index contributed by atoms with van der Waals surface area (Å²) in [6, 6.07) is 9.69. The molecule has 0 spiro atoms. The second-order valence-corrected chi connectivity index (χ2v) is 6.76. The van der Waals surface area contributed by atoms with E-state index in [1.165, 1.54) is 19.4 Å². The zero-order valence-electron chi connectivity index (χ0n) is 13.1. The molecule has 0 saturated heterocycles. The zero-order valence-corrected chi connectivity index (χ0v) is 13.1. The molecule has 2 aliphatic rings. The summed E-state index contributed by atoms with van der Waals surface area (Å²) in [7, 11) is 2.20. The van der Waals surface area contributed by atoms with E-state index in [1.807, 2.05) is 0 Å². The van der Waals surface area contributed by atoms with E-state index in [9.17, 15) is 0 Å². The number of hydrogen-bond donors (Lipinski definition) is 1. The van der Waals surface area contributed by atoms with E-state index in [0.29, 0.717) is 6.04 Å². The maximum atomic E-state index is 3.76. The molecular weight excluding hydrogens is 244 g/mol. The number of benzene rings is 1. The number of hydrogen-bond acceptors (Lipinski definition) is 2. The Hall–Kier alpha value is -0.860. The molecule has 3 rings (SSSR count). The number of rotatable bonds is 6. The molecule has 2 nitrogen and oxygen atoms in total. The van der Waals surface area contributed by atoms with Crippen molar-refractivity contribution < 1.29 is 0 Å². The van der Waals surface area contributed by atoms with Crippen LogP contribution in [-0.2, 0) is 6.42 Å². The lowest BCUT2D eigenvalue weighted by molar-refractivity contribution is 0.307. The molecule has 110 valence electrons. The van der Waals surface area contributed by atoms with Crippen molar-refractivity contribution >= 4 is 0 Å². The number of aryl methyl sites for hydroxylation is 1. The molecule has 4 unspecified atom stereocenters. The van der Waals surface area contributed by atoms with E-state index < -0.39 is 0 Å². The first kappa shape index (κ1) is 14.1. The monoisotopic (exact) mass is 272 g/mol. The van der Waals surface area contributed by atoms with Gasteiger partial charge in [-0.3, -0.25) is 0 Å². The summed E-state index contributed by atoms with van der Waals surface area (Å²) in [6.45, 7) is 8.01. The maximum absolute atomic E-state index is 3.76. The molecule has 1 fully saturated rings. The largest absolute Gasteiger partial charge is 0.313 e. The molecular formula is C18H28N2. The van der Waals surface area contributed by atoms with Gasteiger partial charge in [-0.25, -0.2) is 0 Å². The van der Waals surface area contributed by atoms with Crippen LogP contribution < -0.4 is 5.32 Å². The van der Waals surface area contributed by atoms with Gasteiger partial charge in [-0.15, -0.1) is 0 Å². The van der Waals surface area contributed by atoms with E-state index >= 15 is 0 Å². The number of nitrogens with one attached hydrogen (secondary N) is 1. The lowest BCUT2D eigenvalue weighted by Gasteiger charge is -2.20. The Morgan fingerprint density at radius 1 is 1.35 bits per heavy atom. The SMILES string of the molecule is CCN(C)CC(C)NCC1C2CCc3ccccc3C21. The highest BCUT2D eigenvalue weighted by molar-refractivity contribution is 5.39. The highest BCUT2D eigenvalue weighted by Gasteiger charge is 2.52. The minimum absolute atomic E-state index is 0.595. The Bertz CT molecular complexity index is 456. The Morgan fingerprint density at radius 2 is 2.15 bits per heavy atom. The highest BCUT2D eigenvalue weighted by atomic mass is 15.1. The van der Waals surface area contributed by atoms with Gasteiger partial charge in [-0.05, 0) is 68.8 Å². The van der Waals surface area contributed by atoms with E-state index in [0.717, 1.165) is 30.8 Å². The van der Waals surface area contributed by atoms with Gasteiger partial charge in [0.1, 0.15) is 0 Å². The van der Waals surface area contributed by atoms with Crippen molar-refractivity contribution in [3.63, 3.8) is 0 Å². The molecule has 1 aromatic rings. The first-order chi connectivity index (χ1) is 9.70. The van der Waals surface area contributed by atoms with E-state index in [1.54, 1.807) is 11.1 Å². The lowest BCUT2D eigenvalue weighted by atomic mass is 9.92. The smallest absolute Gasteiger partial charge is 0.0166 e. The van der Waals surface area contributed by atoms with Crippen molar-refractivity contribution in [3.8, 4) is 0 Å². The molecule has 2 aliphatic carbocycles. The number of fused-ring (bicyclic) bond motifs is 3. The third kappa shape index (κ3) is 2.77. The standard InChI is InChI=1S/C18H28N2/c1-4-20(3)12-13(2)19-11-17-16-10-9-14-7-5-6-8-15(14)18(16)17/h5-8,13,16-19H,4,9-12H2,1-3H3.